The molecule has 0 aromatic carbocycles. The van der Waals surface area contributed by atoms with Crippen LogP contribution in [0.3, 0.4) is 0 Å². The van der Waals surface area contributed by atoms with E-state index in [-0.39, 0.29) is 0 Å². The maximum atomic E-state index is 5.46. The third kappa shape index (κ3) is 2.16. The number of fused-ring (bicyclic) bond motifs is 1. The fourth-order valence-corrected chi connectivity index (χ4v) is 3.23. The molecule has 2 aromatic rings. The van der Waals surface area contributed by atoms with Crippen LogP contribution in [0.5, 0.6) is 0 Å². The van der Waals surface area contributed by atoms with E-state index < -0.39 is 0 Å². The van der Waals surface area contributed by atoms with Gasteiger partial charge in [-0.05, 0) is 44.3 Å². The van der Waals surface area contributed by atoms with E-state index in [2.05, 4.69) is 27.6 Å². The average molecular weight is 276 g/mol. The van der Waals surface area contributed by atoms with Crippen LogP contribution in [0.2, 0.25) is 0 Å². The first-order valence-electron chi connectivity index (χ1n) is 7.03. The molecule has 0 fully saturated rings. The highest BCUT2D eigenvalue weighted by atomic mass is 32.1. The monoisotopic (exact) mass is 276 g/mol. The second-order valence-corrected chi connectivity index (χ2v) is 5.60. The van der Waals surface area contributed by atoms with Crippen LogP contribution in [0.15, 0.2) is 11.6 Å². The van der Waals surface area contributed by atoms with Gasteiger partial charge in [0, 0.05) is 13.6 Å². The minimum atomic E-state index is 0.816. The number of aromatic nitrogens is 4. The number of aryl methyl sites for hydroxylation is 3. The normalized spacial score (nSPS) is 15.4. The van der Waals surface area contributed by atoms with E-state index in [1.165, 1.54) is 19.3 Å². The zero-order valence-electron chi connectivity index (χ0n) is 11.6. The van der Waals surface area contributed by atoms with Crippen molar-refractivity contribution in [3.8, 4) is 0 Å². The number of hydrogen-bond acceptors (Lipinski definition) is 2. The highest BCUT2D eigenvalue weighted by Gasteiger charge is 2.14. The van der Waals surface area contributed by atoms with E-state index in [4.69, 9.17) is 12.2 Å². The zero-order chi connectivity index (χ0) is 13.4. The predicted molar refractivity (Wildman–Crippen MR) is 79.8 cm³/mol. The second-order valence-electron chi connectivity index (χ2n) is 5.21. The summed E-state index contributed by atoms with van der Waals surface area (Å²) >= 11 is 5.46. The first-order chi connectivity index (χ1) is 9.20. The standard InChI is InChI=1S/C14H20N4S/c1-3-11-12-13(17(2)16-11)18(14(19)15-12)9-8-10-6-4-5-7-10/h6H,3-5,7-9H2,1-2H3,(H,15,19). The lowest BCUT2D eigenvalue weighted by Crippen LogP contribution is -2.04. The smallest absolute Gasteiger partial charge is 0.179 e. The molecule has 0 bridgehead atoms. The first-order valence-corrected chi connectivity index (χ1v) is 7.43. The van der Waals surface area contributed by atoms with Crippen LogP contribution in [-0.4, -0.2) is 19.3 Å². The van der Waals surface area contributed by atoms with Crippen molar-refractivity contribution in [3.63, 3.8) is 0 Å². The second kappa shape index (κ2) is 4.96. The Morgan fingerprint density at radius 2 is 2.32 bits per heavy atom. The molecule has 5 heteroatoms. The maximum Gasteiger partial charge on any atom is 0.179 e. The van der Waals surface area contributed by atoms with Gasteiger partial charge in [0.1, 0.15) is 5.52 Å². The van der Waals surface area contributed by atoms with Gasteiger partial charge in [-0.1, -0.05) is 18.6 Å². The fourth-order valence-electron chi connectivity index (χ4n) is 2.95. The van der Waals surface area contributed by atoms with E-state index in [1.807, 2.05) is 11.7 Å². The SMILES string of the molecule is CCc1nn(C)c2c1[nH]c(=S)n2CCC1=CCCC1. The van der Waals surface area contributed by atoms with E-state index in [1.54, 1.807) is 5.57 Å². The Kier molecular flexibility index (Phi) is 3.31. The van der Waals surface area contributed by atoms with E-state index in [9.17, 15) is 0 Å². The molecule has 19 heavy (non-hydrogen) atoms. The van der Waals surface area contributed by atoms with Crippen LogP contribution in [0.25, 0.3) is 11.2 Å². The van der Waals surface area contributed by atoms with Gasteiger partial charge in [-0.3, -0.25) is 4.68 Å². The number of H-pyrrole nitrogens is 1. The summed E-state index contributed by atoms with van der Waals surface area (Å²) in [5, 5.41) is 4.55. The third-order valence-electron chi connectivity index (χ3n) is 3.95. The van der Waals surface area contributed by atoms with Crippen molar-refractivity contribution in [1.82, 2.24) is 19.3 Å². The van der Waals surface area contributed by atoms with Crippen LogP contribution < -0.4 is 0 Å². The molecular formula is C14H20N4S. The van der Waals surface area contributed by atoms with Gasteiger partial charge in [0.15, 0.2) is 10.4 Å². The van der Waals surface area contributed by atoms with Gasteiger partial charge in [0.2, 0.25) is 0 Å². The van der Waals surface area contributed by atoms with E-state index in [0.717, 1.165) is 41.0 Å². The molecule has 2 heterocycles. The van der Waals surface area contributed by atoms with Gasteiger partial charge >= 0.3 is 0 Å². The maximum absolute atomic E-state index is 5.46. The van der Waals surface area contributed by atoms with Crippen molar-refractivity contribution in [2.24, 2.45) is 7.05 Å². The summed E-state index contributed by atoms with van der Waals surface area (Å²) in [5.41, 5.74) is 4.91. The molecule has 4 nitrogen and oxygen atoms in total. The molecule has 3 rings (SSSR count). The Morgan fingerprint density at radius 3 is 3.00 bits per heavy atom. The van der Waals surface area contributed by atoms with Gasteiger partial charge in [-0.25, -0.2) is 0 Å². The van der Waals surface area contributed by atoms with Crippen molar-refractivity contribution in [2.75, 3.05) is 0 Å². The Bertz CT molecular complexity index is 686. The summed E-state index contributed by atoms with van der Waals surface area (Å²) in [4.78, 5) is 3.32. The van der Waals surface area contributed by atoms with Crippen LogP contribution >= 0.6 is 12.2 Å². The number of aromatic amines is 1. The Labute approximate surface area is 118 Å². The van der Waals surface area contributed by atoms with Gasteiger partial charge in [-0.2, -0.15) is 5.10 Å². The molecule has 0 aliphatic heterocycles. The van der Waals surface area contributed by atoms with E-state index in [0.29, 0.717) is 0 Å². The number of imidazole rings is 1. The zero-order valence-corrected chi connectivity index (χ0v) is 12.4. The highest BCUT2D eigenvalue weighted by Crippen LogP contribution is 2.23. The molecular weight excluding hydrogens is 256 g/mol. The third-order valence-corrected chi connectivity index (χ3v) is 4.27. The molecule has 2 aromatic heterocycles. The van der Waals surface area contributed by atoms with Crippen molar-refractivity contribution in [1.29, 1.82) is 0 Å². The minimum Gasteiger partial charge on any atom is -0.328 e. The van der Waals surface area contributed by atoms with Crippen LogP contribution in [0.1, 0.15) is 38.3 Å². The summed E-state index contributed by atoms with van der Waals surface area (Å²) in [6, 6.07) is 0. The summed E-state index contributed by atoms with van der Waals surface area (Å²) in [6.07, 6.45) is 8.23. The molecule has 0 saturated carbocycles. The van der Waals surface area contributed by atoms with Crippen molar-refractivity contribution >= 4 is 23.4 Å². The quantitative estimate of drug-likeness (QED) is 0.685. The average Bonchev–Trinajstić information content (AvgIpc) is 3.06. The minimum absolute atomic E-state index is 0.816. The van der Waals surface area contributed by atoms with E-state index >= 15 is 0 Å². The summed E-state index contributed by atoms with van der Waals surface area (Å²) < 4.78 is 4.95. The predicted octanol–water partition coefficient (Wildman–Crippen LogP) is 3.50. The molecule has 1 aliphatic rings. The van der Waals surface area contributed by atoms with Gasteiger partial charge in [0.05, 0.1) is 5.69 Å². The molecule has 0 unspecified atom stereocenters. The molecule has 1 aliphatic carbocycles. The van der Waals surface area contributed by atoms with Crippen molar-refractivity contribution < 1.29 is 0 Å². The van der Waals surface area contributed by atoms with Crippen molar-refractivity contribution in [2.45, 2.75) is 45.6 Å². The molecule has 0 saturated heterocycles. The summed E-state index contributed by atoms with van der Waals surface area (Å²) in [7, 11) is 2.00. The molecule has 0 spiro atoms. The number of nitrogens with one attached hydrogen (secondary N) is 1. The lowest BCUT2D eigenvalue weighted by Gasteiger charge is -2.05. The highest BCUT2D eigenvalue weighted by molar-refractivity contribution is 7.71. The lowest BCUT2D eigenvalue weighted by atomic mass is 10.2. The van der Waals surface area contributed by atoms with Gasteiger partial charge in [-0.15, -0.1) is 0 Å². The van der Waals surface area contributed by atoms with Crippen LogP contribution in [0, 0.1) is 4.77 Å². The number of nitrogens with zero attached hydrogens (tertiary/aromatic N) is 3. The van der Waals surface area contributed by atoms with Crippen molar-refractivity contribution in [3.05, 3.63) is 22.1 Å². The number of allylic oxidation sites excluding steroid dienone is 2. The number of rotatable bonds is 4. The van der Waals surface area contributed by atoms with Gasteiger partial charge in [0.25, 0.3) is 0 Å². The van der Waals surface area contributed by atoms with Gasteiger partial charge < -0.3 is 9.55 Å². The Hall–Kier alpha value is -1.36. The van der Waals surface area contributed by atoms with Crippen LogP contribution in [0.4, 0.5) is 0 Å². The molecule has 102 valence electrons. The Balaban J connectivity index is 1.96. The largest absolute Gasteiger partial charge is 0.328 e. The molecule has 0 amide bonds. The fraction of sp³-hybridized carbons (Fsp3) is 0.571. The number of hydrogen-bond donors (Lipinski definition) is 1. The molecule has 1 N–H and O–H groups in total. The topological polar surface area (TPSA) is 38.5 Å². The molecule has 0 atom stereocenters. The summed E-state index contributed by atoms with van der Waals surface area (Å²) in [5.74, 6) is 0. The van der Waals surface area contributed by atoms with Crippen LogP contribution in [-0.2, 0) is 20.0 Å². The lowest BCUT2D eigenvalue weighted by molar-refractivity contribution is 0.652. The summed E-state index contributed by atoms with van der Waals surface area (Å²) in [6.45, 7) is 3.08. The molecule has 0 radical (unpaired) electrons. The first kappa shape index (κ1) is 12.7. The Morgan fingerprint density at radius 1 is 1.47 bits per heavy atom.